The summed E-state index contributed by atoms with van der Waals surface area (Å²) in [5, 5.41) is 2.91. The Balaban J connectivity index is 1.39. The number of rotatable bonds is 8. The fourth-order valence-electron chi connectivity index (χ4n) is 3.16. The Morgan fingerprint density at radius 1 is 1.10 bits per heavy atom. The molecule has 2 aromatic rings. The highest BCUT2D eigenvalue weighted by Crippen LogP contribution is 2.22. The standard InChI is InChI=1S/C21H24FN3O3S/c1-15(16-10-12-17(22)13-11-16)24-20(26)9-3-2-6-14-23-21-18-7-4-5-8-19(18)29(27,28)25-21/h4-5,7-8,10-13,15H,2-3,6,9,14H2,1H3,(H,23,25)(H,24,26). The van der Waals surface area contributed by atoms with Crippen molar-refractivity contribution < 1.29 is 17.6 Å². The monoisotopic (exact) mass is 417 g/mol. The van der Waals surface area contributed by atoms with Crippen LogP contribution >= 0.6 is 0 Å². The lowest BCUT2D eigenvalue weighted by Crippen LogP contribution is -2.26. The highest BCUT2D eigenvalue weighted by atomic mass is 32.2. The molecule has 2 aromatic carbocycles. The maximum absolute atomic E-state index is 13.0. The molecule has 0 saturated heterocycles. The van der Waals surface area contributed by atoms with Crippen LogP contribution in [0, 0.1) is 5.82 Å². The third kappa shape index (κ3) is 5.41. The molecule has 0 radical (unpaired) electrons. The molecule has 1 heterocycles. The molecule has 0 spiro atoms. The number of benzene rings is 2. The van der Waals surface area contributed by atoms with Crippen molar-refractivity contribution in [1.29, 1.82) is 0 Å². The SMILES string of the molecule is CC(NC(=O)CCCCCN=C1NS(=O)(=O)c2ccccc21)c1ccc(F)cc1. The zero-order valence-corrected chi connectivity index (χ0v) is 17.0. The van der Waals surface area contributed by atoms with E-state index in [0.29, 0.717) is 24.4 Å². The summed E-state index contributed by atoms with van der Waals surface area (Å²) in [6.07, 6.45) is 2.68. The third-order valence-electron chi connectivity index (χ3n) is 4.74. The van der Waals surface area contributed by atoms with Crippen molar-refractivity contribution >= 4 is 21.8 Å². The molecule has 3 rings (SSSR count). The number of amidine groups is 1. The first kappa shape index (κ1) is 21.0. The highest BCUT2D eigenvalue weighted by Gasteiger charge is 2.29. The van der Waals surface area contributed by atoms with Gasteiger partial charge in [0.1, 0.15) is 11.7 Å². The van der Waals surface area contributed by atoms with Gasteiger partial charge in [0.2, 0.25) is 5.91 Å². The van der Waals surface area contributed by atoms with Crippen LogP contribution in [0.25, 0.3) is 0 Å². The quantitative estimate of drug-likeness (QED) is 0.646. The van der Waals surface area contributed by atoms with Crippen molar-refractivity contribution in [3.05, 3.63) is 65.5 Å². The minimum absolute atomic E-state index is 0.0504. The van der Waals surface area contributed by atoms with Gasteiger partial charge < -0.3 is 5.32 Å². The van der Waals surface area contributed by atoms with Gasteiger partial charge >= 0.3 is 0 Å². The Labute approximate surface area is 170 Å². The number of aliphatic imine (C=N–C) groups is 1. The van der Waals surface area contributed by atoms with Gasteiger partial charge in [-0.05, 0) is 49.6 Å². The Bertz CT molecular complexity index is 1000. The van der Waals surface area contributed by atoms with Crippen LogP contribution in [0.15, 0.2) is 58.4 Å². The van der Waals surface area contributed by atoms with Gasteiger partial charge in [-0.15, -0.1) is 0 Å². The van der Waals surface area contributed by atoms with Crippen LogP contribution in [0.1, 0.15) is 49.8 Å². The van der Waals surface area contributed by atoms with Gasteiger partial charge in [-0.3, -0.25) is 14.5 Å². The van der Waals surface area contributed by atoms with Gasteiger partial charge in [0.25, 0.3) is 10.0 Å². The van der Waals surface area contributed by atoms with Crippen LogP contribution in [-0.4, -0.2) is 26.7 Å². The summed E-state index contributed by atoms with van der Waals surface area (Å²) in [6.45, 7) is 2.35. The van der Waals surface area contributed by atoms with Crippen LogP contribution < -0.4 is 10.0 Å². The van der Waals surface area contributed by atoms with Crippen LogP contribution in [0.3, 0.4) is 0 Å². The average molecular weight is 418 g/mol. The van der Waals surface area contributed by atoms with E-state index < -0.39 is 10.0 Å². The topological polar surface area (TPSA) is 87.6 Å². The third-order valence-corrected chi connectivity index (χ3v) is 6.14. The van der Waals surface area contributed by atoms with Crippen molar-refractivity contribution in [2.75, 3.05) is 6.54 Å². The lowest BCUT2D eigenvalue weighted by atomic mass is 10.1. The molecule has 0 bridgehead atoms. The van der Waals surface area contributed by atoms with Gasteiger partial charge in [0.05, 0.1) is 10.9 Å². The molecule has 1 atom stereocenters. The Morgan fingerprint density at radius 2 is 1.83 bits per heavy atom. The van der Waals surface area contributed by atoms with Gasteiger partial charge in [-0.25, -0.2) is 12.8 Å². The summed E-state index contributed by atoms with van der Waals surface area (Å²) in [6, 6.07) is 12.7. The number of nitrogens with one attached hydrogen (secondary N) is 2. The summed E-state index contributed by atoms with van der Waals surface area (Å²) in [4.78, 5) is 16.7. The Kier molecular flexibility index (Phi) is 6.64. The van der Waals surface area contributed by atoms with Gasteiger partial charge in [-0.1, -0.05) is 30.7 Å². The van der Waals surface area contributed by atoms with E-state index in [4.69, 9.17) is 0 Å². The molecule has 0 saturated carbocycles. The van der Waals surface area contributed by atoms with Crippen LogP contribution in [0.2, 0.25) is 0 Å². The van der Waals surface area contributed by atoms with Gasteiger partial charge in [0.15, 0.2) is 0 Å². The summed E-state index contributed by atoms with van der Waals surface area (Å²) in [5.41, 5.74) is 1.46. The number of hydrogen-bond donors (Lipinski definition) is 2. The molecule has 29 heavy (non-hydrogen) atoms. The molecular formula is C21H24FN3O3S. The number of carbonyl (C=O) groups is 1. The molecule has 1 amide bonds. The summed E-state index contributed by atoms with van der Waals surface area (Å²) in [7, 11) is -3.50. The molecule has 154 valence electrons. The first-order valence-corrected chi connectivity index (χ1v) is 11.1. The summed E-state index contributed by atoms with van der Waals surface area (Å²) >= 11 is 0. The van der Waals surface area contributed by atoms with Crippen molar-refractivity contribution in [3.63, 3.8) is 0 Å². The number of hydrogen-bond acceptors (Lipinski definition) is 4. The summed E-state index contributed by atoms with van der Waals surface area (Å²) < 4.78 is 39.5. The molecular weight excluding hydrogens is 393 g/mol. The molecule has 0 fully saturated rings. The number of sulfonamides is 1. The Hall–Kier alpha value is -2.74. The molecule has 1 aliphatic rings. The van der Waals surface area contributed by atoms with Crippen LogP contribution in [0.5, 0.6) is 0 Å². The fourth-order valence-corrected chi connectivity index (χ4v) is 4.42. The predicted octanol–water partition coefficient (Wildman–Crippen LogP) is 3.30. The van der Waals surface area contributed by atoms with E-state index in [9.17, 15) is 17.6 Å². The fraction of sp³-hybridized carbons (Fsp3) is 0.333. The minimum Gasteiger partial charge on any atom is -0.350 e. The van der Waals surface area contributed by atoms with Crippen molar-refractivity contribution in [2.45, 2.75) is 43.5 Å². The number of fused-ring (bicyclic) bond motifs is 1. The number of amides is 1. The lowest BCUT2D eigenvalue weighted by Gasteiger charge is -2.14. The average Bonchev–Trinajstić information content (AvgIpc) is 2.95. The molecule has 0 aliphatic carbocycles. The molecule has 8 heteroatoms. The Morgan fingerprint density at radius 3 is 2.59 bits per heavy atom. The second kappa shape index (κ2) is 9.17. The predicted molar refractivity (Wildman–Crippen MR) is 110 cm³/mol. The number of halogens is 1. The maximum Gasteiger partial charge on any atom is 0.263 e. The van der Waals surface area contributed by atoms with E-state index in [-0.39, 0.29) is 22.7 Å². The van der Waals surface area contributed by atoms with Crippen LogP contribution in [-0.2, 0) is 14.8 Å². The summed E-state index contributed by atoms with van der Waals surface area (Å²) in [5.74, 6) is 0.0295. The molecule has 2 N–H and O–H groups in total. The largest absolute Gasteiger partial charge is 0.350 e. The lowest BCUT2D eigenvalue weighted by molar-refractivity contribution is -0.121. The van der Waals surface area contributed by atoms with Crippen LogP contribution in [0.4, 0.5) is 4.39 Å². The number of nitrogens with zero attached hydrogens (tertiary/aromatic N) is 1. The van der Waals surface area contributed by atoms with E-state index in [1.165, 1.54) is 12.1 Å². The van der Waals surface area contributed by atoms with Crippen molar-refractivity contribution in [1.82, 2.24) is 10.0 Å². The molecule has 1 aliphatic heterocycles. The molecule has 6 nitrogen and oxygen atoms in total. The van der Waals surface area contributed by atoms with Crippen molar-refractivity contribution in [2.24, 2.45) is 4.99 Å². The number of carbonyl (C=O) groups excluding carboxylic acids is 1. The first-order chi connectivity index (χ1) is 13.9. The smallest absolute Gasteiger partial charge is 0.263 e. The van der Waals surface area contributed by atoms with E-state index in [1.54, 1.807) is 36.4 Å². The minimum atomic E-state index is -3.50. The second-order valence-corrected chi connectivity index (χ2v) is 8.63. The van der Waals surface area contributed by atoms with Gasteiger partial charge in [0, 0.05) is 18.5 Å². The molecule has 0 aromatic heterocycles. The maximum atomic E-state index is 13.0. The first-order valence-electron chi connectivity index (χ1n) is 9.58. The second-order valence-electron chi connectivity index (χ2n) is 6.98. The number of unbranched alkanes of at least 4 members (excludes halogenated alkanes) is 2. The zero-order valence-electron chi connectivity index (χ0n) is 16.2. The normalized spacial score (nSPS) is 16.8. The zero-order chi connectivity index (χ0) is 20.9. The van der Waals surface area contributed by atoms with E-state index >= 15 is 0 Å². The van der Waals surface area contributed by atoms with Gasteiger partial charge in [-0.2, -0.15) is 0 Å². The van der Waals surface area contributed by atoms with E-state index in [0.717, 1.165) is 24.8 Å². The van der Waals surface area contributed by atoms with E-state index in [1.807, 2.05) is 6.92 Å². The highest BCUT2D eigenvalue weighted by molar-refractivity contribution is 7.90. The van der Waals surface area contributed by atoms with E-state index in [2.05, 4.69) is 15.0 Å². The molecule has 1 unspecified atom stereocenters. The van der Waals surface area contributed by atoms with Crippen molar-refractivity contribution in [3.8, 4) is 0 Å².